The van der Waals surface area contributed by atoms with E-state index in [0.717, 1.165) is 18.2 Å². The highest BCUT2D eigenvalue weighted by atomic mass is 19.1. The Hall–Kier alpha value is -2.30. The van der Waals surface area contributed by atoms with Crippen molar-refractivity contribution in [3.05, 3.63) is 59.3 Å². The number of anilines is 1. The molecule has 1 heterocycles. The zero-order valence-electron chi connectivity index (χ0n) is 10.1. The third kappa shape index (κ3) is 3.58. The third-order valence-electron chi connectivity index (χ3n) is 2.64. The van der Waals surface area contributed by atoms with Crippen LogP contribution in [-0.4, -0.2) is 10.8 Å². The zero-order chi connectivity index (χ0) is 13.8. The quantitative estimate of drug-likeness (QED) is 0.919. The van der Waals surface area contributed by atoms with E-state index < -0.39 is 11.6 Å². The maximum absolute atomic E-state index is 13.0. The second-order valence-electron chi connectivity index (χ2n) is 4.22. The van der Waals surface area contributed by atoms with Crippen LogP contribution in [0.25, 0.3) is 0 Å². The van der Waals surface area contributed by atoms with Gasteiger partial charge in [0.15, 0.2) is 0 Å². The van der Waals surface area contributed by atoms with Gasteiger partial charge >= 0.3 is 0 Å². The van der Waals surface area contributed by atoms with Crippen LogP contribution in [0, 0.1) is 11.6 Å². The second kappa shape index (κ2) is 5.56. The van der Waals surface area contributed by atoms with Crippen molar-refractivity contribution in [1.29, 1.82) is 0 Å². The van der Waals surface area contributed by atoms with Gasteiger partial charge in [0.2, 0.25) is 0 Å². The van der Waals surface area contributed by atoms with E-state index in [2.05, 4.69) is 4.98 Å². The lowest BCUT2D eigenvalue weighted by atomic mass is 10.0. The van der Waals surface area contributed by atoms with Gasteiger partial charge in [-0.05, 0) is 23.8 Å². The number of carbonyl (C=O) groups is 1. The van der Waals surface area contributed by atoms with Gasteiger partial charge in [0.1, 0.15) is 23.2 Å². The van der Waals surface area contributed by atoms with Gasteiger partial charge in [-0.15, -0.1) is 0 Å². The van der Waals surface area contributed by atoms with E-state index in [-0.39, 0.29) is 18.6 Å². The molecule has 0 aliphatic heterocycles. The van der Waals surface area contributed by atoms with Gasteiger partial charge in [-0.3, -0.25) is 4.79 Å². The predicted octanol–water partition coefficient (Wildman–Crippen LogP) is 2.30. The van der Waals surface area contributed by atoms with Crippen molar-refractivity contribution in [2.45, 2.75) is 12.8 Å². The standard InChI is InChI=1S/C14H12F2N2O/c15-11-4-9(5-12(16)8-11)6-13(19)7-10-2-1-3-18-14(10)17/h1-5,8H,6-7H2,(H2,17,18). The Kier molecular flexibility index (Phi) is 3.85. The van der Waals surface area contributed by atoms with E-state index in [1.54, 1.807) is 12.1 Å². The summed E-state index contributed by atoms with van der Waals surface area (Å²) in [5, 5.41) is 0. The van der Waals surface area contributed by atoms with Gasteiger partial charge in [0.05, 0.1) is 0 Å². The molecular weight excluding hydrogens is 250 g/mol. The van der Waals surface area contributed by atoms with Crippen molar-refractivity contribution in [3.8, 4) is 0 Å². The Morgan fingerprint density at radius 1 is 1.16 bits per heavy atom. The fraction of sp³-hybridized carbons (Fsp3) is 0.143. The van der Waals surface area contributed by atoms with E-state index in [9.17, 15) is 13.6 Å². The number of Topliss-reactive ketones (excluding diaryl/α,β-unsaturated/α-hetero) is 1. The van der Waals surface area contributed by atoms with Crippen LogP contribution >= 0.6 is 0 Å². The highest BCUT2D eigenvalue weighted by molar-refractivity contribution is 5.84. The highest BCUT2D eigenvalue weighted by Gasteiger charge is 2.09. The van der Waals surface area contributed by atoms with Gasteiger partial charge in [0.25, 0.3) is 0 Å². The Bertz CT molecular complexity index is 594. The first-order chi connectivity index (χ1) is 9.04. The summed E-state index contributed by atoms with van der Waals surface area (Å²) in [4.78, 5) is 15.7. The molecule has 0 bridgehead atoms. The smallest absolute Gasteiger partial charge is 0.141 e. The molecule has 3 nitrogen and oxygen atoms in total. The fourth-order valence-corrected chi connectivity index (χ4v) is 1.82. The largest absolute Gasteiger partial charge is 0.383 e. The van der Waals surface area contributed by atoms with Gasteiger partial charge in [0, 0.05) is 30.7 Å². The first-order valence-corrected chi connectivity index (χ1v) is 5.70. The lowest BCUT2D eigenvalue weighted by Crippen LogP contribution is -2.09. The number of pyridine rings is 1. The summed E-state index contributed by atoms with van der Waals surface area (Å²) in [7, 11) is 0. The van der Waals surface area contributed by atoms with Crippen molar-refractivity contribution in [3.63, 3.8) is 0 Å². The van der Waals surface area contributed by atoms with E-state index in [1.807, 2.05) is 0 Å². The van der Waals surface area contributed by atoms with E-state index in [0.29, 0.717) is 16.9 Å². The average molecular weight is 262 g/mol. The van der Waals surface area contributed by atoms with Crippen molar-refractivity contribution >= 4 is 11.6 Å². The molecule has 2 aromatic rings. The number of nitrogens with two attached hydrogens (primary N) is 1. The molecule has 0 saturated heterocycles. The van der Waals surface area contributed by atoms with Crippen molar-refractivity contribution in [2.24, 2.45) is 0 Å². The minimum Gasteiger partial charge on any atom is -0.383 e. The topological polar surface area (TPSA) is 56.0 Å². The van der Waals surface area contributed by atoms with Gasteiger partial charge in [-0.2, -0.15) is 0 Å². The molecule has 0 atom stereocenters. The SMILES string of the molecule is Nc1ncccc1CC(=O)Cc1cc(F)cc(F)c1. The molecule has 0 amide bonds. The molecule has 1 aromatic carbocycles. The van der Waals surface area contributed by atoms with Gasteiger partial charge in [-0.25, -0.2) is 13.8 Å². The molecule has 0 saturated carbocycles. The van der Waals surface area contributed by atoms with Crippen LogP contribution in [0.2, 0.25) is 0 Å². The van der Waals surface area contributed by atoms with Crippen molar-refractivity contribution in [2.75, 3.05) is 5.73 Å². The summed E-state index contributed by atoms with van der Waals surface area (Å²) in [6, 6.07) is 6.45. The number of aromatic nitrogens is 1. The molecule has 0 aliphatic carbocycles. The summed E-state index contributed by atoms with van der Waals surface area (Å²) < 4.78 is 26.0. The van der Waals surface area contributed by atoms with Gasteiger partial charge < -0.3 is 5.73 Å². The lowest BCUT2D eigenvalue weighted by Gasteiger charge is -2.04. The first kappa shape index (κ1) is 13.1. The first-order valence-electron chi connectivity index (χ1n) is 5.70. The Morgan fingerprint density at radius 2 is 1.84 bits per heavy atom. The maximum Gasteiger partial charge on any atom is 0.141 e. The summed E-state index contributed by atoms with van der Waals surface area (Å²) >= 11 is 0. The number of hydrogen-bond donors (Lipinski definition) is 1. The second-order valence-corrected chi connectivity index (χ2v) is 4.22. The molecule has 1 aromatic heterocycles. The van der Waals surface area contributed by atoms with Crippen LogP contribution in [0.3, 0.4) is 0 Å². The Morgan fingerprint density at radius 3 is 2.47 bits per heavy atom. The lowest BCUT2D eigenvalue weighted by molar-refractivity contribution is -0.117. The number of nitrogens with zero attached hydrogens (tertiary/aromatic N) is 1. The number of nitrogen functional groups attached to an aromatic ring is 1. The van der Waals surface area contributed by atoms with Crippen LogP contribution in [0.15, 0.2) is 36.5 Å². The maximum atomic E-state index is 13.0. The van der Waals surface area contributed by atoms with Crippen LogP contribution in [0.4, 0.5) is 14.6 Å². The molecule has 2 rings (SSSR count). The number of carbonyl (C=O) groups excluding carboxylic acids is 1. The average Bonchev–Trinajstić information content (AvgIpc) is 2.30. The number of ketones is 1. The summed E-state index contributed by atoms with van der Waals surface area (Å²) in [6.07, 6.45) is 1.59. The molecule has 0 spiro atoms. The molecule has 0 fully saturated rings. The van der Waals surface area contributed by atoms with Crippen LogP contribution in [0.1, 0.15) is 11.1 Å². The highest BCUT2D eigenvalue weighted by Crippen LogP contribution is 2.12. The van der Waals surface area contributed by atoms with E-state index in [4.69, 9.17) is 5.73 Å². The van der Waals surface area contributed by atoms with Gasteiger partial charge in [-0.1, -0.05) is 6.07 Å². The predicted molar refractivity (Wildman–Crippen MR) is 67.4 cm³/mol. The summed E-state index contributed by atoms with van der Waals surface area (Å²) in [5.41, 5.74) is 6.55. The van der Waals surface area contributed by atoms with E-state index >= 15 is 0 Å². The minimum atomic E-state index is -0.691. The van der Waals surface area contributed by atoms with Crippen LogP contribution < -0.4 is 5.73 Å². The molecule has 0 unspecified atom stereocenters. The number of rotatable bonds is 4. The summed E-state index contributed by atoms with van der Waals surface area (Å²) in [5.74, 6) is -1.27. The number of hydrogen-bond acceptors (Lipinski definition) is 3. The Labute approximate surface area is 109 Å². The molecule has 98 valence electrons. The molecule has 5 heteroatoms. The van der Waals surface area contributed by atoms with Crippen LogP contribution in [0.5, 0.6) is 0 Å². The summed E-state index contributed by atoms with van der Waals surface area (Å²) in [6.45, 7) is 0. The van der Waals surface area contributed by atoms with Crippen molar-refractivity contribution in [1.82, 2.24) is 4.98 Å². The normalized spacial score (nSPS) is 10.4. The van der Waals surface area contributed by atoms with Crippen molar-refractivity contribution < 1.29 is 13.6 Å². The monoisotopic (exact) mass is 262 g/mol. The molecule has 0 radical (unpaired) electrons. The third-order valence-corrected chi connectivity index (χ3v) is 2.64. The Balaban J connectivity index is 2.07. The molecular formula is C14H12F2N2O. The van der Waals surface area contributed by atoms with E-state index in [1.165, 1.54) is 6.20 Å². The molecule has 19 heavy (non-hydrogen) atoms. The minimum absolute atomic E-state index is 0.0387. The molecule has 0 aliphatic rings. The zero-order valence-corrected chi connectivity index (χ0v) is 10.1. The number of benzene rings is 1. The number of halogens is 2. The van der Waals surface area contributed by atoms with Crippen LogP contribution in [-0.2, 0) is 17.6 Å². The molecule has 2 N–H and O–H groups in total. The fourth-order valence-electron chi connectivity index (χ4n) is 1.82.